The minimum atomic E-state index is -0.111. The van der Waals surface area contributed by atoms with Crippen LogP contribution in [0.3, 0.4) is 0 Å². The zero-order valence-electron chi connectivity index (χ0n) is 3.92. The van der Waals surface area contributed by atoms with Crippen LogP contribution in [0.1, 0.15) is 6.42 Å². The van der Waals surface area contributed by atoms with Gasteiger partial charge in [-0.25, -0.2) is 0 Å². The van der Waals surface area contributed by atoms with Gasteiger partial charge < -0.3 is 10.3 Å². The highest BCUT2D eigenvalue weighted by Crippen LogP contribution is 2.12. The largest absolute Gasteiger partial charge is 0.784 e. The van der Waals surface area contributed by atoms with Gasteiger partial charge in [0.25, 0.3) is 0 Å². The average molecular weight is 96.1 g/mol. The van der Waals surface area contributed by atoms with Crippen molar-refractivity contribution in [2.45, 2.75) is 12.5 Å². The Morgan fingerprint density at radius 2 is 2.57 bits per heavy atom. The monoisotopic (exact) mass is 96.0 g/mol. The summed E-state index contributed by atoms with van der Waals surface area (Å²) in [5, 5.41) is 11.2. The van der Waals surface area contributed by atoms with Crippen LogP contribution in [0.5, 0.6) is 0 Å². The van der Waals surface area contributed by atoms with E-state index in [4.69, 9.17) is 6.42 Å². The minimum Gasteiger partial charge on any atom is -0.784 e. The first-order valence-electron chi connectivity index (χ1n) is 2.24. The Hall–Kier alpha value is -0.520. The molecule has 0 radical (unpaired) electrons. The van der Waals surface area contributed by atoms with Gasteiger partial charge in [0, 0.05) is 0 Å². The second-order valence-corrected chi connectivity index (χ2v) is 1.61. The molecule has 38 valence electrons. The SMILES string of the molecule is C#CC1CCN1[O-]. The van der Waals surface area contributed by atoms with Crippen molar-refractivity contribution in [3.05, 3.63) is 5.21 Å². The summed E-state index contributed by atoms with van der Waals surface area (Å²) >= 11 is 0. The highest BCUT2D eigenvalue weighted by Gasteiger charge is 2.15. The Labute approximate surface area is 42.7 Å². The Kier molecular flexibility index (Phi) is 1.01. The standard InChI is InChI=1S/C5H6NO/c1-2-5-3-4-6(5)7/h1,5H,3-4H2/q-1. The zero-order valence-corrected chi connectivity index (χ0v) is 3.92. The van der Waals surface area contributed by atoms with Crippen molar-refractivity contribution in [3.63, 3.8) is 0 Å². The van der Waals surface area contributed by atoms with Crippen molar-refractivity contribution in [2.75, 3.05) is 6.54 Å². The summed E-state index contributed by atoms with van der Waals surface area (Å²) < 4.78 is 0. The predicted octanol–water partition coefficient (Wildman–Crippen LogP) is 0.192. The van der Waals surface area contributed by atoms with E-state index in [1.807, 2.05) is 0 Å². The average Bonchev–Trinajstić information content (AvgIpc) is 1.65. The highest BCUT2D eigenvalue weighted by molar-refractivity contribution is 5.05. The van der Waals surface area contributed by atoms with Crippen molar-refractivity contribution < 1.29 is 0 Å². The molecule has 0 aliphatic carbocycles. The third kappa shape index (κ3) is 0.604. The first-order chi connectivity index (χ1) is 3.34. The van der Waals surface area contributed by atoms with E-state index in [0.717, 1.165) is 11.5 Å². The molecule has 1 rings (SSSR count). The summed E-state index contributed by atoms with van der Waals surface area (Å²) in [6, 6.07) is -0.111. The van der Waals surface area contributed by atoms with Gasteiger partial charge in [-0.15, -0.1) is 6.42 Å². The van der Waals surface area contributed by atoms with Gasteiger partial charge in [0.1, 0.15) is 0 Å². The smallest absolute Gasteiger partial charge is 0.0610 e. The molecule has 1 aliphatic rings. The van der Waals surface area contributed by atoms with Crippen LogP contribution in [0.2, 0.25) is 0 Å². The molecule has 1 unspecified atom stereocenters. The molecule has 1 fully saturated rings. The third-order valence-electron chi connectivity index (χ3n) is 1.16. The predicted molar refractivity (Wildman–Crippen MR) is 27.3 cm³/mol. The van der Waals surface area contributed by atoms with E-state index in [1.54, 1.807) is 0 Å². The molecular weight excluding hydrogens is 90.1 g/mol. The van der Waals surface area contributed by atoms with Gasteiger partial charge in [0.15, 0.2) is 0 Å². The van der Waals surface area contributed by atoms with Gasteiger partial charge in [-0.05, 0) is 13.0 Å². The number of hydroxylamine groups is 2. The summed E-state index contributed by atoms with van der Waals surface area (Å²) in [7, 11) is 0. The van der Waals surface area contributed by atoms with E-state index in [-0.39, 0.29) is 6.04 Å². The van der Waals surface area contributed by atoms with Crippen LogP contribution in [0.4, 0.5) is 0 Å². The van der Waals surface area contributed by atoms with Crippen molar-refractivity contribution in [1.29, 1.82) is 0 Å². The summed E-state index contributed by atoms with van der Waals surface area (Å²) in [5.74, 6) is 2.36. The fourth-order valence-electron chi connectivity index (χ4n) is 0.530. The molecule has 0 N–H and O–H groups in total. The van der Waals surface area contributed by atoms with Gasteiger partial charge in [0.2, 0.25) is 0 Å². The molecule has 2 heteroatoms. The lowest BCUT2D eigenvalue weighted by molar-refractivity contribution is 0.206. The molecule has 1 atom stereocenters. The molecule has 0 aromatic carbocycles. The number of hydrogen-bond donors (Lipinski definition) is 0. The summed E-state index contributed by atoms with van der Waals surface area (Å²) in [4.78, 5) is 0. The molecule has 0 aromatic rings. The molecule has 1 saturated heterocycles. The molecule has 7 heavy (non-hydrogen) atoms. The van der Waals surface area contributed by atoms with E-state index in [2.05, 4.69) is 5.92 Å². The van der Waals surface area contributed by atoms with Crippen LogP contribution >= 0.6 is 0 Å². The fourth-order valence-corrected chi connectivity index (χ4v) is 0.530. The Morgan fingerprint density at radius 1 is 1.86 bits per heavy atom. The van der Waals surface area contributed by atoms with Gasteiger partial charge in [-0.1, -0.05) is 5.92 Å². The van der Waals surface area contributed by atoms with Gasteiger partial charge in [0.05, 0.1) is 6.04 Å². The lowest BCUT2D eigenvalue weighted by atomic mass is 10.1. The van der Waals surface area contributed by atoms with E-state index in [0.29, 0.717) is 6.54 Å². The molecule has 0 amide bonds. The van der Waals surface area contributed by atoms with Crippen molar-refractivity contribution in [1.82, 2.24) is 5.06 Å². The van der Waals surface area contributed by atoms with Crippen LogP contribution < -0.4 is 0 Å². The molecule has 2 nitrogen and oxygen atoms in total. The van der Waals surface area contributed by atoms with Crippen LogP contribution in [-0.2, 0) is 0 Å². The molecule has 0 aromatic heterocycles. The summed E-state index contributed by atoms with van der Waals surface area (Å²) in [5.41, 5.74) is 0. The van der Waals surface area contributed by atoms with Crippen molar-refractivity contribution >= 4 is 0 Å². The lowest BCUT2D eigenvalue weighted by Gasteiger charge is -2.43. The van der Waals surface area contributed by atoms with E-state index in [1.165, 1.54) is 0 Å². The van der Waals surface area contributed by atoms with Crippen LogP contribution in [0, 0.1) is 17.6 Å². The molecule has 1 aliphatic heterocycles. The molecule has 0 bridgehead atoms. The Balaban J connectivity index is 2.33. The van der Waals surface area contributed by atoms with Crippen LogP contribution in [0.25, 0.3) is 0 Å². The quantitative estimate of drug-likeness (QED) is 0.402. The first-order valence-corrected chi connectivity index (χ1v) is 2.24. The molecular formula is C5H6NO-. The lowest BCUT2D eigenvalue weighted by Crippen LogP contribution is -2.41. The topological polar surface area (TPSA) is 26.3 Å². The summed E-state index contributed by atoms with van der Waals surface area (Å²) in [6.45, 7) is 0.620. The molecule has 0 spiro atoms. The van der Waals surface area contributed by atoms with Gasteiger partial charge in [-0.2, -0.15) is 0 Å². The highest BCUT2D eigenvalue weighted by atomic mass is 16.5. The number of nitrogens with zero attached hydrogens (tertiary/aromatic N) is 1. The van der Waals surface area contributed by atoms with E-state index in [9.17, 15) is 5.21 Å². The maximum absolute atomic E-state index is 10.2. The zero-order chi connectivity index (χ0) is 5.28. The Morgan fingerprint density at radius 3 is 2.57 bits per heavy atom. The van der Waals surface area contributed by atoms with Gasteiger partial charge >= 0.3 is 0 Å². The number of hydrogen-bond acceptors (Lipinski definition) is 2. The first kappa shape index (κ1) is 4.63. The number of rotatable bonds is 0. The third-order valence-corrected chi connectivity index (χ3v) is 1.16. The maximum atomic E-state index is 10.2. The van der Waals surface area contributed by atoms with Gasteiger partial charge in [-0.3, -0.25) is 0 Å². The molecule has 1 heterocycles. The normalized spacial score (nSPS) is 31.1. The minimum absolute atomic E-state index is 0.111. The fraction of sp³-hybridized carbons (Fsp3) is 0.600. The second-order valence-electron chi connectivity index (χ2n) is 1.61. The van der Waals surface area contributed by atoms with E-state index >= 15 is 0 Å². The van der Waals surface area contributed by atoms with E-state index < -0.39 is 0 Å². The number of terminal acetylenes is 1. The van der Waals surface area contributed by atoms with Crippen LogP contribution in [0.15, 0.2) is 0 Å². The molecule has 0 saturated carbocycles. The summed E-state index contributed by atoms with van der Waals surface area (Å²) in [6.07, 6.45) is 5.81. The van der Waals surface area contributed by atoms with Crippen molar-refractivity contribution in [3.8, 4) is 12.3 Å². The van der Waals surface area contributed by atoms with Crippen LogP contribution in [-0.4, -0.2) is 17.6 Å². The van der Waals surface area contributed by atoms with Crippen molar-refractivity contribution in [2.24, 2.45) is 0 Å². The Bertz CT molecular complexity index is 105. The maximum Gasteiger partial charge on any atom is 0.0610 e. The second kappa shape index (κ2) is 1.53.